The number of amides is 1. The van der Waals surface area contributed by atoms with E-state index >= 15 is 0 Å². The summed E-state index contributed by atoms with van der Waals surface area (Å²) in [5.41, 5.74) is 0.262. The Balaban J connectivity index is 2.16. The second-order valence-corrected chi connectivity index (χ2v) is 4.18. The normalized spacial score (nSPS) is 11.2. The number of carbonyl (C=O) groups excluding carboxylic acids is 1. The lowest BCUT2D eigenvalue weighted by molar-refractivity contribution is 0.0918. The zero-order valence-electron chi connectivity index (χ0n) is 10.1. The predicted molar refractivity (Wildman–Crippen MR) is 66.0 cm³/mol. The quantitative estimate of drug-likeness (QED) is 0.614. The number of fused-ring (bicyclic) bond motifs is 1. The number of aliphatic hydroxyl groups excluding tert-OH is 2. The molecule has 4 N–H and O–H groups in total. The molecule has 0 unspecified atom stereocenters. The van der Waals surface area contributed by atoms with Gasteiger partial charge in [0.25, 0.3) is 5.91 Å². The van der Waals surface area contributed by atoms with Crippen molar-refractivity contribution in [2.45, 2.75) is 0 Å². The maximum absolute atomic E-state index is 13.4. The van der Waals surface area contributed by atoms with Gasteiger partial charge in [0, 0.05) is 31.1 Å². The van der Waals surface area contributed by atoms with Crippen LogP contribution < -0.4 is 5.32 Å². The molecule has 0 aliphatic rings. The van der Waals surface area contributed by atoms with Gasteiger partial charge < -0.3 is 15.5 Å². The van der Waals surface area contributed by atoms with Gasteiger partial charge in [0.15, 0.2) is 5.69 Å². The highest BCUT2D eigenvalue weighted by Crippen LogP contribution is 2.18. The fourth-order valence-electron chi connectivity index (χ4n) is 1.69. The van der Waals surface area contributed by atoms with Gasteiger partial charge in [0.2, 0.25) is 0 Å². The van der Waals surface area contributed by atoms with E-state index in [2.05, 4.69) is 15.5 Å². The monoisotopic (exact) mass is 267 g/mol. The molecule has 2 rings (SSSR count). The number of H-pyrrole nitrogens is 1. The minimum Gasteiger partial charge on any atom is -0.396 e. The number of aliphatic hydroxyl groups is 2. The summed E-state index contributed by atoms with van der Waals surface area (Å²) in [5.74, 6) is -1.39. The van der Waals surface area contributed by atoms with Gasteiger partial charge in [0.1, 0.15) is 11.3 Å². The molecule has 0 saturated heterocycles. The van der Waals surface area contributed by atoms with Crippen molar-refractivity contribution in [3.8, 4) is 0 Å². The molecule has 2 aromatic rings. The largest absolute Gasteiger partial charge is 0.396 e. The van der Waals surface area contributed by atoms with Gasteiger partial charge in [-0.1, -0.05) is 12.1 Å². The van der Waals surface area contributed by atoms with Gasteiger partial charge >= 0.3 is 0 Å². The fourth-order valence-corrected chi connectivity index (χ4v) is 1.69. The van der Waals surface area contributed by atoms with Gasteiger partial charge in [-0.05, 0) is 6.07 Å². The SMILES string of the molecule is O=C(NCC(CO)CO)c1n[nH]c2c(F)cccc12. The zero-order valence-corrected chi connectivity index (χ0v) is 10.1. The minimum atomic E-state index is -0.483. The number of aromatic nitrogens is 2. The number of nitrogens with zero attached hydrogens (tertiary/aromatic N) is 1. The first-order chi connectivity index (χ1) is 9.17. The van der Waals surface area contributed by atoms with Crippen molar-refractivity contribution in [1.29, 1.82) is 0 Å². The van der Waals surface area contributed by atoms with Crippen LogP contribution in [-0.4, -0.2) is 46.1 Å². The Morgan fingerprint density at radius 2 is 2.16 bits per heavy atom. The van der Waals surface area contributed by atoms with E-state index in [1.165, 1.54) is 12.1 Å². The molecule has 1 amide bonds. The molecule has 1 aromatic heterocycles. The van der Waals surface area contributed by atoms with E-state index in [0.29, 0.717) is 5.39 Å². The number of halogens is 1. The average Bonchev–Trinajstić information content (AvgIpc) is 2.85. The summed E-state index contributed by atoms with van der Waals surface area (Å²) < 4.78 is 13.4. The first kappa shape index (κ1) is 13.4. The summed E-state index contributed by atoms with van der Waals surface area (Å²) in [7, 11) is 0. The average molecular weight is 267 g/mol. The van der Waals surface area contributed by atoms with Crippen LogP contribution in [0.5, 0.6) is 0 Å². The van der Waals surface area contributed by atoms with E-state index in [1.54, 1.807) is 6.07 Å². The van der Waals surface area contributed by atoms with Crippen LogP contribution in [0.2, 0.25) is 0 Å². The lowest BCUT2D eigenvalue weighted by atomic mass is 10.1. The molecular formula is C12H14FN3O3. The van der Waals surface area contributed by atoms with E-state index in [-0.39, 0.29) is 31.0 Å². The lowest BCUT2D eigenvalue weighted by Crippen LogP contribution is -2.32. The molecule has 1 heterocycles. The number of benzene rings is 1. The maximum Gasteiger partial charge on any atom is 0.272 e. The zero-order chi connectivity index (χ0) is 13.8. The van der Waals surface area contributed by atoms with Gasteiger partial charge in [-0.2, -0.15) is 5.10 Å². The summed E-state index contributed by atoms with van der Waals surface area (Å²) in [6, 6.07) is 4.36. The van der Waals surface area contributed by atoms with Crippen LogP contribution in [0.4, 0.5) is 4.39 Å². The molecule has 0 atom stereocenters. The van der Waals surface area contributed by atoms with E-state index in [4.69, 9.17) is 10.2 Å². The van der Waals surface area contributed by atoms with Crippen molar-refractivity contribution in [3.63, 3.8) is 0 Å². The Kier molecular flexibility index (Phi) is 4.08. The first-order valence-electron chi connectivity index (χ1n) is 5.80. The molecule has 0 fully saturated rings. The molecule has 0 saturated carbocycles. The minimum absolute atomic E-state index is 0.0872. The smallest absolute Gasteiger partial charge is 0.272 e. The highest BCUT2D eigenvalue weighted by Gasteiger charge is 2.16. The molecule has 1 aromatic carbocycles. The van der Waals surface area contributed by atoms with Crippen molar-refractivity contribution in [2.24, 2.45) is 5.92 Å². The molecule has 6 nitrogen and oxygen atoms in total. The third-order valence-corrected chi connectivity index (χ3v) is 2.83. The van der Waals surface area contributed by atoms with Crippen molar-refractivity contribution in [1.82, 2.24) is 15.5 Å². The fraction of sp³-hybridized carbons (Fsp3) is 0.333. The van der Waals surface area contributed by atoms with Gasteiger partial charge in [-0.3, -0.25) is 9.89 Å². The Morgan fingerprint density at radius 3 is 2.84 bits per heavy atom. The van der Waals surface area contributed by atoms with E-state index in [0.717, 1.165) is 0 Å². The number of aromatic amines is 1. The van der Waals surface area contributed by atoms with E-state index in [1.807, 2.05) is 0 Å². The number of nitrogens with one attached hydrogen (secondary N) is 2. The molecule has 7 heteroatoms. The van der Waals surface area contributed by atoms with Crippen LogP contribution in [0.1, 0.15) is 10.5 Å². The van der Waals surface area contributed by atoms with Crippen molar-refractivity contribution >= 4 is 16.8 Å². The van der Waals surface area contributed by atoms with Gasteiger partial charge in [-0.25, -0.2) is 4.39 Å². The summed E-state index contributed by atoms with van der Waals surface area (Å²) in [6.45, 7) is -0.338. The van der Waals surface area contributed by atoms with Crippen molar-refractivity contribution < 1.29 is 19.4 Å². The number of hydrogen-bond acceptors (Lipinski definition) is 4. The first-order valence-corrected chi connectivity index (χ1v) is 5.80. The summed E-state index contributed by atoms with van der Waals surface area (Å²) in [4.78, 5) is 11.9. The Labute approximate surface area is 108 Å². The maximum atomic E-state index is 13.4. The van der Waals surface area contributed by atoms with Gasteiger partial charge in [0.05, 0.1) is 0 Å². The lowest BCUT2D eigenvalue weighted by Gasteiger charge is -2.11. The van der Waals surface area contributed by atoms with E-state index in [9.17, 15) is 9.18 Å². The summed E-state index contributed by atoms with van der Waals surface area (Å²) in [5, 5.41) is 27.0. The number of hydrogen-bond donors (Lipinski definition) is 4. The van der Waals surface area contributed by atoms with Crippen molar-refractivity contribution in [3.05, 3.63) is 29.7 Å². The molecule has 0 aliphatic heterocycles. The van der Waals surface area contributed by atoms with Crippen LogP contribution in [0.3, 0.4) is 0 Å². The van der Waals surface area contributed by atoms with Crippen molar-refractivity contribution in [2.75, 3.05) is 19.8 Å². The standard InChI is InChI=1S/C12H14FN3O3/c13-9-3-1-2-8-10(9)15-16-11(8)12(19)14-4-7(5-17)6-18/h1-3,7,17-18H,4-6H2,(H,14,19)(H,15,16). The molecule has 0 radical (unpaired) electrons. The highest BCUT2D eigenvalue weighted by molar-refractivity contribution is 6.04. The molecule has 19 heavy (non-hydrogen) atoms. The second kappa shape index (κ2) is 5.77. The van der Waals surface area contributed by atoms with Crippen LogP contribution in [0.25, 0.3) is 10.9 Å². The second-order valence-electron chi connectivity index (χ2n) is 4.18. The molecule has 0 spiro atoms. The predicted octanol–water partition coefficient (Wildman–Crippen LogP) is 0.0326. The van der Waals surface area contributed by atoms with Crippen LogP contribution in [0, 0.1) is 11.7 Å². The Bertz CT molecular complexity index is 581. The van der Waals surface area contributed by atoms with Gasteiger partial charge in [-0.15, -0.1) is 0 Å². The number of para-hydroxylation sites is 1. The van der Waals surface area contributed by atoms with E-state index < -0.39 is 17.6 Å². The van der Waals surface area contributed by atoms with Crippen LogP contribution in [0.15, 0.2) is 18.2 Å². The Hall–Kier alpha value is -1.99. The summed E-state index contributed by atoms with van der Waals surface area (Å²) >= 11 is 0. The number of rotatable bonds is 5. The molecule has 0 bridgehead atoms. The van der Waals surface area contributed by atoms with Crippen LogP contribution >= 0.6 is 0 Å². The highest BCUT2D eigenvalue weighted by atomic mass is 19.1. The Morgan fingerprint density at radius 1 is 1.42 bits per heavy atom. The topological polar surface area (TPSA) is 98.2 Å². The number of carbonyl (C=O) groups is 1. The molecular weight excluding hydrogens is 253 g/mol. The molecule has 102 valence electrons. The third-order valence-electron chi connectivity index (χ3n) is 2.83. The summed E-state index contributed by atoms with van der Waals surface area (Å²) in [6.07, 6.45) is 0. The van der Waals surface area contributed by atoms with Crippen LogP contribution in [-0.2, 0) is 0 Å². The third kappa shape index (κ3) is 2.72. The molecule has 0 aliphatic carbocycles.